The summed E-state index contributed by atoms with van der Waals surface area (Å²) in [5, 5.41) is 12.1. The Balaban J connectivity index is 1.63. The van der Waals surface area contributed by atoms with Crippen molar-refractivity contribution in [2.75, 3.05) is 33.2 Å². The van der Waals surface area contributed by atoms with E-state index in [1.807, 2.05) is 4.90 Å². The summed E-state index contributed by atoms with van der Waals surface area (Å²) in [5.41, 5.74) is -0.736. The van der Waals surface area contributed by atoms with Gasteiger partial charge in [0.15, 0.2) is 6.35 Å². The summed E-state index contributed by atoms with van der Waals surface area (Å²) in [7, 11) is 1.70. The normalized spacial score (nSPS) is 33.7. The van der Waals surface area contributed by atoms with Gasteiger partial charge in [0.25, 0.3) is 0 Å². The van der Waals surface area contributed by atoms with Gasteiger partial charge in [-0.15, -0.1) is 0 Å². The van der Waals surface area contributed by atoms with Crippen LogP contribution in [0.4, 0.5) is 4.79 Å². The summed E-state index contributed by atoms with van der Waals surface area (Å²) in [6, 6.07) is 0.0116. The van der Waals surface area contributed by atoms with Crippen LogP contribution in [-0.2, 0) is 4.79 Å². The Kier molecular flexibility index (Phi) is 2.72. The zero-order valence-electron chi connectivity index (χ0n) is 11.3. The molecule has 3 aliphatic heterocycles. The molecular weight excluding hydrogens is 248 g/mol. The second-order valence-corrected chi connectivity index (χ2v) is 5.97. The molecular formula is C12H20N4O3. The molecule has 7 heteroatoms. The lowest BCUT2D eigenvalue weighted by molar-refractivity contribution is -0.134. The standard InChI is InChI=1S/C12H20N4O3/c1-8-3-4-15(5-8)11(19)16-6-12(7-16)9(17)13-10(18)14(12)2/h8,10,18H,3-7H2,1-2H3,(H,13,17). The van der Waals surface area contributed by atoms with Crippen LogP contribution in [-0.4, -0.2) is 76.9 Å². The van der Waals surface area contributed by atoms with Crippen LogP contribution in [0.3, 0.4) is 0 Å². The fourth-order valence-corrected chi connectivity index (χ4v) is 3.14. The molecule has 0 aromatic carbocycles. The number of amides is 3. The van der Waals surface area contributed by atoms with Crippen LogP contribution in [0, 0.1) is 5.92 Å². The Labute approximate surface area is 112 Å². The van der Waals surface area contributed by atoms with Gasteiger partial charge in [0.2, 0.25) is 5.91 Å². The second-order valence-electron chi connectivity index (χ2n) is 5.97. The zero-order valence-corrected chi connectivity index (χ0v) is 11.3. The molecule has 3 saturated heterocycles. The maximum absolute atomic E-state index is 12.2. The van der Waals surface area contributed by atoms with Gasteiger partial charge in [-0.25, -0.2) is 9.69 Å². The quantitative estimate of drug-likeness (QED) is 0.581. The average Bonchev–Trinajstić information content (AvgIpc) is 2.81. The van der Waals surface area contributed by atoms with E-state index in [0.717, 1.165) is 19.5 Å². The van der Waals surface area contributed by atoms with Crippen molar-refractivity contribution in [2.24, 2.45) is 5.92 Å². The topological polar surface area (TPSA) is 76.1 Å². The molecule has 106 valence electrons. The summed E-state index contributed by atoms with van der Waals surface area (Å²) in [6.45, 7) is 4.45. The number of urea groups is 1. The first-order chi connectivity index (χ1) is 8.94. The van der Waals surface area contributed by atoms with E-state index in [-0.39, 0.29) is 11.9 Å². The number of hydrogen-bond donors (Lipinski definition) is 2. The highest BCUT2D eigenvalue weighted by molar-refractivity contribution is 5.92. The largest absolute Gasteiger partial charge is 0.361 e. The molecule has 0 aromatic heterocycles. The molecule has 2 N–H and O–H groups in total. The Morgan fingerprint density at radius 3 is 2.58 bits per heavy atom. The highest BCUT2D eigenvalue weighted by atomic mass is 16.3. The van der Waals surface area contributed by atoms with E-state index in [9.17, 15) is 14.7 Å². The van der Waals surface area contributed by atoms with E-state index in [0.29, 0.717) is 19.0 Å². The van der Waals surface area contributed by atoms with Gasteiger partial charge in [0.1, 0.15) is 5.54 Å². The summed E-state index contributed by atoms with van der Waals surface area (Å²) < 4.78 is 0. The van der Waals surface area contributed by atoms with Gasteiger partial charge in [-0.2, -0.15) is 0 Å². The second kappa shape index (κ2) is 4.08. The minimum atomic E-state index is -0.948. The molecule has 19 heavy (non-hydrogen) atoms. The number of carbonyl (C=O) groups is 2. The van der Waals surface area contributed by atoms with Crippen molar-refractivity contribution in [3.63, 3.8) is 0 Å². The number of carbonyl (C=O) groups excluding carboxylic acids is 2. The zero-order chi connectivity index (χ0) is 13.8. The summed E-state index contributed by atoms with van der Waals surface area (Å²) in [4.78, 5) is 29.3. The summed E-state index contributed by atoms with van der Waals surface area (Å²) in [5.74, 6) is 0.361. The maximum atomic E-state index is 12.2. The molecule has 3 rings (SSSR count). The van der Waals surface area contributed by atoms with Gasteiger partial charge in [-0.1, -0.05) is 6.92 Å². The first-order valence-electron chi connectivity index (χ1n) is 6.70. The molecule has 2 unspecified atom stereocenters. The monoisotopic (exact) mass is 268 g/mol. The molecule has 1 spiro atoms. The van der Waals surface area contributed by atoms with Crippen LogP contribution < -0.4 is 5.32 Å². The summed E-state index contributed by atoms with van der Waals surface area (Å²) in [6.07, 6.45) is 0.0978. The highest BCUT2D eigenvalue weighted by Crippen LogP contribution is 2.33. The fraction of sp³-hybridized carbons (Fsp3) is 0.833. The van der Waals surface area contributed by atoms with Crippen molar-refractivity contribution in [1.82, 2.24) is 20.0 Å². The predicted molar refractivity (Wildman–Crippen MR) is 67.0 cm³/mol. The molecule has 2 atom stereocenters. The first-order valence-corrected chi connectivity index (χ1v) is 6.70. The van der Waals surface area contributed by atoms with Crippen LogP contribution in [0.25, 0.3) is 0 Å². The molecule has 0 bridgehead atoms. The van der Waals surface area contributed by atoms with Crippen molar-refractivity contribution in [3.8, 4) is 0 Å². The molecule has 0 saturated carbocycles. The maximum Gasteiger partial charge on any atom is 0.320 e. The molecule has 3 heterocycles. The SMILES string of the molecule is CC1CCN(C(=O)N2CC3(C2)C(=O)NC(O)N3C)C1. The van der Waals surface area contributed by atoms with E-state index in [4.69, 9.17) is 0 Å². The number of nitrogens with one attached hydrogen (secondary N) is 1. The fourth-order valence-electron chi connectivity index (χ4n) is 3.14. The van der Waals surface area contributed by atoms with E-state index >= 15 is 0 Å². The molecule has 7 nitrogen and oxygen atoms in total. The van der Waals surface area contributed by atoms with Gasteiger partial charge < -0.3 is 20.2 Å². The van der Waals surface area contributed by atoms with E-state index < -0.39 is 11.9 Å². The minimum Gasteiger partial charge on any atom is -0.361 e. The van der Waals surface area contributed by atoms with Crippen LogP contribution in [0.1, 0.15) is 13.3 Å². The van der Waals surface area contributed by atoms with Gasteiger partial charge >= 0.3 is 6.03 Å². The molecule has 0 aromatic rings. The molecule has 0 aliphatic carbocycles. The van der Waals surface area contributed by atoms with Crippen LogP contribution in [0.15, 0.2) is 0 Å². The number of hydrogen-bond acceptors (Lipinski definition) is 4. The lowest BCUT2D eigenvalue weighted by atomic mass is 9.89. The number of likely N-dealkylation sites (N-methyl/N-ethyl adjacent to an activating group) is 1. The Morgan fingerprint density at radius 2 is 2.11 bits per heavy atom. The molecule has 3 amide bonds. The van der Waals surface area contributed by atoms with Crippen molar-refractivity contribution < 1.29 is 14.7 Å². The Morgan fingerprint density at radius 1 is 1.42 bits per heavy atom. The van der Waals surface area contributed by atoms with Crippen LogP contribution in [0.5, 0.6) is 0 Å². The average molecular weight is 268 g/mol. The van der Waals surface area contributed by atoms with Crippen molar-refractivity contribution >= 4 is 11.9 Å². The third-order valence-electron chi connectivity index (χ3n) is 4.59. The van der Waals surface area contributed by atoms with Crippen LogP contribution in [0.2, 0.25) is 0 Å². The third-order valence-corrected chi connectivity index (χ3v) is 4.59. The van der Waals surface area contributed by atoms with Gasteiger partial charge in [0, 0.05) is 13.1 Å². The lowest BCUT2D eigenvalue weighted by Crippen LogP contribution is -2.73. The van der Waals surface area contributed by atoms with E-state index in [1.54, 1.807) is 16.8 Å². The summed E-state index contributed by atoms with van der Waals surface area (Å²) >= 11 is 0. The molecule has 0 radical (unpaired) electrons. The van der Waals surface area contributed by atoms with Gasteiger partial charge in [-0.3, -0.25) is 4.79 Å². The number of aliphatic hydroxyl groups excluding tert-OH is 1. The minimum absolute atomic E-state index is 0.0116. The lowest BCUT2D eigenvalue weighted by Gasteiger charge is -2.50. The van der Waals surface area contributed by atoms with Crippen LogP contribution >= 0.6 is 0 Å². The number of rotatable bonds is 0. The van der Waals surface area contributed by atoms with Gasteiger partial charge in [0.05, 0.1) is 13.1 Å². The number of aliphatic hydroxyl groups is 1. The predicted octanol–water partition coefficient (Wildman–Crippen LogP) is -1.16. The molecule has 3 fully saturated rings. The third kappa shape index (κ3) is 1.72. The first kappa shape index (κ1) is 12.7. The Hall–Kier alpha value is -1.34. The van der Waals surface area contributed by atoms with Crippen molar-refractivity contribution in [1.29, 1.82) is 0 Å². The number of nitrogens with zero attached hydrogens (tertiary/aromatic N) is 3. The van der Waals surface area contributed by atoms with Gasteiger partial charge in [-0.05, 0) is 19.4 Å². The van der Waals surface area contributed by atoms with Crippen molar-refractivity contribution in [2.45, 2.75) is 25.2 Å². The van der Waals surface area contributed by atoms with E-state index in [2.05, 4.69) is 12.2 Å². The highest BCUT2D eigenvalue weighted by Gasteiger charge is 2.60. The Bertz CT molecular complexity index is 421. The molecule has 3 aliphatic rings. The van der Waals surface area contributed by atoms with E-state index in [1.165, 1.54) is 0 Å². The number of likely N-dealkylation sites (tertiary alicyclic amines) is 2. The van der Waals surface area contributed by atoms with Crippen molar-refractivity contribution in [3.05, 3.63) is 0 Å². The smallest absolute Gasteiger partial charge is 0.320 e.